The molecule has 0 aliphatic rings. The van der Waals surface area contributed by atoms with Gasteiger partial charge in [-0.25, -0.2) is 0 Å². The zero-order chi connectivity index (χ0) is 13.8. The standard InChI is InChI=1S/C16H28N2/c1-12-14(11-18)9-13(7-5-6-8-17)10-15(12)16(2,3)4/h9-10H,5-8,11,17-18H2,1-4H3. The summed E-state index contributed by atoms with van der Waals surface area (Å²) in [5.41, 5.74) is 17.1. The molecule has 2 nitrogen and oxygen atoms in total. The lowest BCUT2D eigenvalue weighted by Gasteiger charge is -2.24. The lowest BCUT2D eigenvalue weighted by molar-refractivity contribution is 0.583. The van der Waals surface area contributed by atoms with Gasteiger partial charge < -0.3 is 11.5 Å². The van der Waals surface area contributed by atoms with Gasteiger partial charge in [-0.15, -0.1) is 0 Å². The van der Waals surface area contributed by atoms with Crippen molar-refractivity contribution in [2.24, 2.45) is 11.5 Å². The highest BCUT2D eigenvalue weighted by atomic mass is 14.5. The molecule has 0 aliphatic carbocycles. The van der Waals surface area contributed by atoms with Gasteiger partial charge in [0, 0.05) is 6.54 Å². The van der Waals surface area contributed by atoms with Crippen LogP contribution in [0.5, 0.6) is 0 Å². The number of aryl methyl sites for hydroxylation is 1. The molecule has 2 heteroatoms. The van der Waals surface area contributed by atoms with E-state index >= 15 is 0 Å². The molecule has 0 radical (unpaired) electrons. The Labute approximate surface area is 112 Å². The Kier molecular flexibility index (Phi) is 5.36. The molecule has 0 heterocycles. The molecule has 102 valence electrons. The van der Waals surface area contributed by atoms with Gasteiger partial charge >= 0.3 is 0 Å². The van der Waals surface area contributed by atoms with Gasteiger partial charge in [0.1, 0.15) is 0 Å². The molecule has 0 aromatic heterocycles. The van der Waals surface area contributed by atoms with Crippen molar-refractivity contribution in [3.05, 3.63) is 34.4 Å². The molecule has 0 amide bonds. The SMILES string of the molecule is Cc1c(CN)cc(CCCCN)cc1C(C)(C)C. The Hall–Kier alpha value is -0.860. The predicted octanol–water partition coefficient (Wildman–Crippen LogP) is 3.03. The van der Waals surface area contributed by atoms with Gasteiger partial charge in [0.2, 0.25) is 0 Å². The molecule has 0 spiro atoms. The minimum absolute atomic E-state index is 0.178. The minimum Gasteiger partial charge on any atom is -0.330 e. The molecule has 4 N–H and O–H groups in total. The first kappa shape index (κ1) is 15.2. The van der Waals surface area contributed by atoms with Crippen LogP contribution < -0.4 is 11.5 Å². The summed E-state index contributed by atoms with van der Waals surface area (Å²) in [5.74, 6) is 0. The quantitative estimate of drug-likeness (QED) is 0.787. The topological polar surface area (TPSA) is 52.0 Å². The molecule has 0 fully saturated rings. The van der Waals surface area contributed by atoms with Crippen molar-refractivity contribution in [2.75, 3.05) is 6.54 Å². The molecule has 1 aromatic carbocycles. The van der Waals surface area contributed by atoms with Crippen LogP contribution in [0.15, 0.2) is 12.1 Å². The van der Waals surface area contributed by atoms with E-state index in [9.17, 15) is 0 Å². The summed E-state index contributed by atoms with van der Waals surface area (Å²) in [6, 6.07) is 4.62. The number of hydrogen-bond acceptors (Lipinski definition) is 2. The van der Waals surface area contributed by atoms with Crippen molar-refractivity contribution < 1.29 is 0 Å². The Morgan fingerprint density at radius 1 is 1.06 bits per heavy atom. The molecule has 18 heavy (non-hydrogen) atoms. The van der Waals surface area contributed by atoms with E-state index in [0.29, 0.717) is 6.54 Å². The summed E-state index contributed by atoms with van der Waals surface area (Å²) in [6.45, 7) is 10.4. The van der Waals surface area contributed by atoms with Crippen molar-refractivity contribution in [1.29, 1.82) is 0 Å². The summed E-state index contributed by atoms with van der Waals surface area (Å²) in [5, 5.41) is 0. The summed E-state index contributed by atoms with van der Waals surface area (Å²) in [4.78, 5) is 0. The average Bonchev–Trinajstić information content (AvgIpc) is 2.29. The van der Waals surface area contributed by atoms with Crippen LogP contribution in [0.3, 0.4) is 0 Å². The lowest BCUT2D eigenvalue weighted by Crippen LogP contribution is -2.16. The first-order valence-electron chi connectivity index (χ1n) is 6.93. The first-order chi connectivity index (χ1) is 8.40. The highest BCUT2D eigenvalue weighted by molar-refractivity contribution is 5.42. The number of hydrogen-bond donors (Lipinski definition) is 2. The van der Waals surface area contributed by atoms with E-state index in [4.69, 9.17) is 11.5 Å². The van der Waals surface area contributed by atoms with Gasteiger partial charge in [-0.1, -0.05) is 32.9 Å². The molecule has 1 rings (SSSR count). The van der Waals surface area contributed by atoms with Crippen molar-refractivity contribution in [2.45, 2.75) is 58.9 Å². The van der Waals surface area contributed by atoms with Gasteiger partial charge in [0.05, 0.1) is 0 Å². The molecule has 0 bridgehead atoms. The highest BCUT2D eigenvalue weighted by Crippen LogP contribution is 2.29. The average molecular weight is 248 g/mol. The van der Waals surface area contributed by atoms with Crippen LogP contribution in [-0.4, -0.2) is 6.54 Å². The van der Waals surface area contributed by atoms with Crippen LogP contribution in [0.2, 0.25) is 0 Å². The Balaban J connectivity index is 3.06. The van der Waals surface area contributed by atoms with Crippen LogP contribution in [-0.2, 0) is 18.4 Å². The molecule has 0 atom stereocenters. The third-order valence-corrected chi connectivity index (χ3v) is 3.52. The van der Waals surface area contributed by atoms with Crippen LogP contribution >= 0.6 is 0 Å². The van der Waals surface area contributed by atoms with Crippen molar-refractivity contribution in [3.8, 4) is 0 Å². The maximum atomic E-state index is 5.87. The predicted molar refractivity (Wildman–Crippen MR) is 79.8 cm³/mol. The molecule has 0 saturated carbocycles. The molecular weight excluding hydrogens is 220 g/mol. The fourth-order valence-corrected chi connectivity index (χ4v) is 2.45. The second kappa shape index (κ2) is 6.35. The molecule has 0 saturated heterocycles. The van der Waals surface area contributed by atoms with Crippen molar-refractivity contribution >= 4 is 0 Å². The zero-order valence-corrected chi connectivity index (χ0v) is 12.3. The van der Waals surface area contributed by atoms with Gasteiger partial charge in [0.15, 0.2) is 0 Å². The minimum atomic E-state index is 0.178. The van der Waals surface area contributed by atoms with Crippen LogP contribution in [0.4, 0.5) is 0 Å². The Morgan fingerprint density at radius 2 is 1.72 bits per heavy atom. The third kappa shape index (κ3) is 3.82. The number of benzene rings is 1. The number of rotatable bonds is 5. The van der Waals surface area contributed by atoms with Crippen LogP contribution in [0, 0.1) is 6.92 Å². The molecular formula is C16H28N2. The van der Waals surface area contributed by atoms with Gasteiger partial charge in [0.25, 0.3) is 0 Å². The maximum Gasteiger partial charge on any atom is 0.0180 e. The van der Waals surface area contributed by atoms with Gasteiger partial charge in [-0.2, -0.15) is 0 Å². The lowest BCUT2D eigenvalue weighted by atomic mass is 9.81. The van der Waals surface area contributed by atoms with Gasteiger partial charge in [-0.05, 0) is 60.4 Å². The Morgan fingerprint density at radius 3 is 2.22 bits per heavy atom. The van der Waals surface area contributed by atoms with E-state index in [-0.39, 0.29) is 5.41 Å². The van der Waals surface area contributed by atoms with E-state index in [1.54, 1.807) is 0 Å². The normalized spacial score (nSPS) is 11.9. The molecule has 1 aromatic rings. The fraction of sp³-hybridized carbons (Fsp3) is 0.625. The Bertz CT molecular complexity index is 389. The van der Waals surface area contributed by atoms with Crippen LogP contribution in [0.1, 0.15) is 55.9 Å². The summed E-state index contributed by atoms with van der Waals surface area (Å²) in [7, 11) is 0. The van der Waals surface area contributed by atoms with E-state index in [1.807, 2.05) is 0 Å². The van der Waals surface area contributed by atoms with Crippen molar-refractivity contribution in [1.82, 2.24) is 0 Å². The van der Waals surface area contributed by atoms with Crippen molar-refractivity contribution in [3.63, 3.8) is 0 Å². The zero-order valence-electron chi connectivity index (χ0n) is 12.3. The van der Waals surface area contributed by atoms with Crippen LogP contribution in [0.25, 0.3) is 0 Å². The van der Waals surface area contributed by atoms with E-state index in [2.05, 4.69) is 39.8 Å². The number of nitrogens with two attached hydrogens (primary N) is 2. The van der Waals surface area contributed by atoms with E-state index in [1.165, 1.54) is 22.3 Å². The summed E-state index contributed by atoms with van der Waals surface area (Å²) >= 11 is 0. The second-order valence-corrected chi connectivity index (χ2v) is 6.13. The third-order valence-electron chi connectivity index (χ3n) is 3.52. The summed E-state index contributed by atoms with van der Waals surface area (Å²) < 4.78 is 0. The number of unbranched alkanes of at least 4 members (excludes halogenated alkanes) is 1. The molecule has 0 unspecified atom stereocenters. The fourth-order valence-electron chi connectivity index (χ4n) is 2.45. The highest BCUT2D eigenvalue weighted by Gasteiger charge is 2.18. The molecule has 0 aliphatic heterocycles. The first-order valence-corrected chi connectivity index (χ1v) is 6.93. The largest absolute Gasteiger partial charge is 0.330 e. The smallest absolute Gasteiger partial charge is 0.0180 e. The van der Waals surface area contributed by atoms with E-state index < -0.39 is 0 Å². The van der Waals surface area contributed by atoms with E-state index in [0.717, 1.165) is 25.8 Å². The maximum absolute atomic E-state index is 5.87. The summed E-state index contributed by atoms with van der Waals surface area (Å²) in [6.07, 6.45) is 3.36. The monoisotopic (exact) mass is 248 g/mol. The second-order valence-electron chi connectivity index (χ2n) is 6.13. The van der Waals surface area contributed by atoms with Gasteiger partial charge in [-0.3, -0.25) is 0 Å².